The van der Waals surface area contributed by atoms with Crippen molar-refractivity contribution in [3.05, 3.63) is 77.4 Å². The molecule has 3 nitrogen and oxygen atoms in total. The van der Waals surface area contributed by atoms with Gasteiger partial charge in [0.1, 0.15) is 5.82 Å². The van der Waals surface area contributed by atoms with E-state index in [4.69, 9.17) is 11.6 Å². The van der Waals surface area contributed by atoms with Gasteiger partial charge in [-0.25, -0.2) is 4.98 Å². The van der Waals surface area contributed by atoms with Crippen LogP contribution in [0.25, 0.3) is 0 Å². The summed E-state index contributed by atoms with van der Waals surface area (Å²) in [6.45, 7) is 0. The van der Waals surface area contributed by atoms with Gasteiger partial charge in [0, 0.05) is 17.6 Å². The number of aromatic nitrogens is 1. The van der Waals surface area contributed by atoms with Crippen LogP contribution in [0.2, 0.25) is 5.02 Å². The first-order valence-electron chi connectivity index (χ1n) is 11.5. The minimum atomic E-state index is 0.385. The van der Waals surface area contributed by atoms with Crippen LogP contribution in [-0.2, 0) is 5.41 Å². The summed E-state index contributed by atoms with van der Waals surface area (Å²) in [5.74, 6) is 3.68. The number of pyridine rings is 1. The highest BCUT2D eigenvalue weighted by molar-refractivity contribution is 6.33. The minimum absolute atomic E-state index is 0.385. The Morgan fingerprint density at radius 1 is 0.774 bits per heavy atom. The van der Waals surface area contributed by atoms with Crippen LogP contribution in [0.1, 0.15) is 44.1 Å². The molecule has 2 aromatic carbocycles. The molecular weight excluding hydrogens is 402 g/mol. The summed E-state index contributed by atoms with van der Waals surface area (Å²) in [5.41, 5.74) is 4.86. The molecule has 4 aliphatic carbocycles. The number of rotatable bonds is 5. The fourth-order valence-electron chi connectivity index (χ4n) is 6.79. The van der Waals surface area contributed by atoms with Crippen LogP contribution in [0, 0.1) is 17.8 Å². The third kappa shape index (κ3) is 3.70. The molecule has 7 rings (SSSR count). The molecule has 4 fully saturated rings. The lowest BCUT2D eigenvalue weighted by Gasteiger charge is -2.57. The first kappa shape index (κ1) is 19.2. The molecule has 158 valence electrons. The summed E-state index contributed by atoms with van der Waals surface area (Å²) in [6, 6.07) is 20.8. The molecule has 4 aliphatic rings. The van der Waals surface area contributed by atoms with E-state index in [1.54, 1.807) is 6.20 Å². The van der Waals surface area contributed by atoms with Gasteiger partial charge >= 0.3 is 0 Å². The van der Waals surface area contributed by atoms with Crippen molar-refractivity contribution in [3.8, 4) is 0 Å². The Bertz CT molecular complexity index is 1040. The fraction of sp³-hybridized carbons (Fsp3) is 0.370. The number of hydrogen-bond acceptors (Lipinski definition) is 3. The second-order valence-electron chi connectivity index (χ2n) is 9.93. The zero-order chi connectivity index (χ0) is 20.8. The Balaban J connectivity index is 1.18. The lowest BCUT2D eigenvalue weighted by Crippen LogP contribution is -2.48. The molecule has 0 radical (unpaired) electrons. The highest BCUT2D eigenvalue weighted by Crippen LogP contribution is 2.61. The summed E-state index contributed by atoms with van der Waals surface area (Å²) >= 11 is 6.77. The smallest absolute Gasteiger partial charge is 0.130 e. The second-order valence-corrected chi connectivity index (χ2v) is 10.3. The van der Waals surface area contributed by atoms with Crippen molar-refractivity contribution in [2.24, 2.45) is 17.8 Å². The number of nitrogens with one attached hydrogen (secondary N) is 2. The third-order valence-corrected chi connectivity index (χ3v) is 8.03. The van der Waals surface area contributed by atoms with E-state index in [1.165, 1.54) is 44.1 Å². The molecule has 1 aromatic heterocycles. The van der Waals surface area contributed by atoms with Crippen molar-refractivity contribution in [2.45, 2.75) is 43.9 Å². The quantitative estimate of drug-likeness (QED) is 0.436. The van der Waals surface area contributed by atoms with E-state index in [1.807, 2.05) is 18.2 Å². The van der Waals surface area contributed by atoms with E-state index >= 15 is 0 Å². The number of hydrogen-bond donors (Lipinski definition) is 2. The molecule has 1 heterocycles. The van der Waals surface area contributed by atoms with E-state index in [0.29, 0.717) is 5.41 Å². The molecule has 0 spiro atoms. The lowest BCUT2D eigenvalue weighted by molar-refractivity contribution is -0.00517. The van der Waals surface area contributed by atoms with Gasteiger partial charge < -0.3 is 10.6 Å². The topological polar surface area (TPSA) is 37.0 Å². The molecule has 4 bridgehead atoms. The van der Waals surface area contributed by atoms with Crippen molar-refractivity contribution < 1.29 is 0 Å². The van der Waals surface area contributed by atoms with Crippen LogP contribution < -0.4 is 10.6 Å². The van der Waals surface area contributed by atoms with Gasteiger partial charge in [0.2, 0.25) is 0 Å². The SMILES string of the molecule is Clc1cc(C23CC4CC(CC(C4)C2)C3)ccc1Nc1ccc(Nc2ccccn2)cc1. The van der Waals surface area contributed by atoms with Gasteiger partial charge in [-0.05, 0) is 116 Å². The van der Waals surface area contributed by atoms with Crippen LogP contribution in [0.5, 0.6) is 0 Å². The van der Waals surface area contributed by atoms with Gasteiger partial charge in [-0.3, -0.25) is 0 Å². The molecule has 0 amide bonds. The van der Waals surface area contributed by atoms with E-state index in [9.17, 15) is 0 Å². The van der Waals surface area contributed by atoms with E-state index < -0.39 is 0 Å². The summed E-state index contributed by atoms with van der Waals surface area (Å²) < 4.78 is 0. The Kier molecular flexibility index (Phi) is 4.68. The van der Waals surface area contributed by atoms with E-state index in [2.05, 4.69) is 58.1 Å². The van der Waals surface area contributed by atoms with Crippen LogP contribution >= 0.6 is 11.6 Å². The zero-order valence-corrected chi connectivity index (χ0v) is 18.4. The molecular formula is C27H28ClN3. The van der Waals surface area contributed by atoms with Crippen LogP contribution in [0.15, 0.2) is 66.9 Å². The van der Waals surface area contributed by atoms with Gasteiger partial charge in [0.15, 0.2) is 0 Å². The van der Waals surface area contributed by atoms with Gasteiger partial charge in [-0.15, -0.1) is 0 Å². The number of benzene rings is 2. The Hall–Kier alpha value is -2.52. The molecule has 4 heteroatoms. The maximum absolute atomic E-state index is 6.77. The molecule has 0 aliphatic heterocycles. The van der Waals surface area contributed by atoms with Crippen LogP contribution in [-0.4, -0.2) is 4.98 Å². The molecule has 4 saturated carbocycles. The summed E-state index contributed by atoms with van der Waals surface area (Å²) in [4.78, 5) is 4.31. The third-order valence-electron chi connectivity index (χ3n) is 7.72. The Morgan fingerprint density at radius 2 is 1.42 bits per heavy atom. The van der Waals surface area contributed by atoms with Crippen molar-refractivity contribution in [3.63, 3.8) is 0 Å². The lowest BCUT2D eigenvalue weighted by atomic mass is 9.48. The predicted molar refractivity (Wildman–Crippen MR) is 129 cm³/mol. The maximum Gasteiger partial charge on any atom is 0.130 e. The van der Waals surface area contributed by atoms with Crippen molar-refractivity contribution >= 4 is 34.5 Å². The highest BCUT2D eigenvalue weighted by Gasteiger charge is 2.51. The first-order valence-corrected chi connectivity index (χ1v) is 11.9. The first-order chi connectivity index (χ1) is 15.1. The van der Waals surface area contributed by atoms with E-state index in [-0.39, 0.29) is 0 Å². The van der Waals surface area contributed by atoms with Gasteiger partial charge in [-0.2, -0.15) is 0 Å². The zero-order valence-electron chi connectivity index (χ0n) is 17.7. The number of anilines is 4. The molecule has 0 saturated heterocycles. The number of nitrogens with zero attached hydrogens (tertiary/aromatic N) is 1. The molecule has 0 atom stereocenters. The van der Waals surface area contributed by atoms with E-state index in [0.717, 1.165) is 45.7 Å². The molecule has 2 N–H and O–H groups in total. The summed E-state index contributed by atoms with van der Waals surface area (Å²) in [6.07, 6.45) is 10.3. The summed E-state index contributed by atoms with van der Waals surface area (Å²) in [7, 11) is 0. The fourth-order valence-corrected chi connectivity index (χ4v) is 7.02. The predicted octanol–water partition coefficient (Wildman–Crippen LogP) is 7.69. The Labute approximate surface area is 189 Å². The van der Waals surface area contributed by atoms with Crippen molar-refractivity contribution in [1.82, 2.24) is 4.98 Å². The molecule has 31 heavy (non-hydrogen) atoms. The molecule has 3 aromatic rings. The standard InChI is InChI=1S/C27H28ClN3/c28-24-14-21(27-15-18-11-19(16-27)13-20(12-18)17-27)4-9-25(24)30-22-5-7-23(8-6-22)31-26-3-1-2-10-29-26/h1-10,14,18-20,30H,11-13,15-17H2,(H,29,31). The Morgan fingerprint density at radius 3 is 2.00 bits per heavy atom. The minimum Gasteiger partial charge on any atom is -0.354 e. The van der Waals surface area contributed by atoms with Crippen LogP contribution in [0.3, 0.4) is 0 Å². The normalized spacial score (nSPS) is 28.5. The average Bonchev–Trinajstić information content (AvgIpc) is 2.76. The number of halogens is 1. The second kappa shape index (κ2) is 7.56. The maximum atomic E-state index is 6.77. The monoisotopic (exact) mass is 429 g/mol. The summed E-state index contributed by atoms with van der Waals surface area (Å²) in [5, 5.41) is 7.62. The largest absolute Gasteiger partial charge is 0.354 e. The average molecular weight is 430 g/mol. The van der Waals surface area contributed by atoms with Crippen molar-refractivity contribution in [1.29, 1.82) is 0 Å². The van der Waals surface area contributed by atoms with Crippen molar-refractivity contribution in [2.75, 3.05) is 10.6 Å². The highest BCUT2D eigenvalue weighted by atomic mass is 35.5. The van der Waals surface area contributed by atoms with Gasteiger partial charge in [-0.1, -0.05) is 23.7 Å². The van der Waals surface area contributed by atoms with Gasteiger partial charge in [0.05, 0.1) is 10.7 Å². The van der Waals surface area contributed by atoms with Crippen LogP contribution in [0.4, 0.5) is 22.9 Å². The molecule has 0 unspecified atom stereocenters. The van der Waals surface area contributed by atoms with Gasteiger partial charge in [0.25, 0.3) is 0 Å².